The van der Waals surface area contributed by atoms with Crippen LogP contribution < -0.4 is 0 Å². The number of nitrogens with zero attached hydrogens (tertiary/aromatic N) is 1. The molecular weight excluding hydrogens is 110 g/mol. The zero-order valence-electron chi connectivity index (χ0n) is 7.41. The van der Waals surface area contributed by atoms with E-state index in [-0.39, 0.29) is 11.8 Å². The van der Waals surface area contributed by atoms with Crippen molar-refractivity contribution in [3.63, 3.8) is 0 Å². The fraction of sp³-hybridized carbons (Fsp3) is 0.625. The van der Waals surface area contributed by atoms with Crippen molar-refractivity contribution in [3.05, 3.63) is 12.2 Å². The standard InChI is InChI=1S/C8H11N/c1-7-4-2-3-5-8(7)6-9/h2,4,7-8H,3,5H2,1H3/t7-,8-/m0/s1/i3D,5D/t3-,5-,7-,8-. The molecule has 0 aliphatic heterocycles. The van der Waals surface area contributed by atoms with Crippen LogP contribution in [0.1, 0.15) is 22.5 Å². The molecule has 1 nitrogen and oxygen atoms in total. The maximum atomic E-state index is 8.66. The Kier molecular flexibility index (Phi) is 1.22. The zero-order chi connectivity index (χ0) is 8.43. The smallest absolute Gasteiger partial charge is 0.0661 e. The fourth-order valence-electron chi connectivity index (χ4n) is 0.879. The topological polar surface area (TPSA) is 23.8 Å². The Labute approximate surface area is 58.8 Å². The Hall–Kier alpha value is -0.770. The lowest BCUT2D eigenvalue weighted by Gasteiger charge is -2.16. The molecule has 0 aromatic heterocycles. The summed E-state index contributed by atoms with van der Waals surface area (Å²) in [6.45, 7) is 1.91. The summed E-state index contributed by atoms with van der Waals surface area (Å²) < 4.78 is 14.9. The van der Waals surface area contributed by atoms with E-state index in [1.165, 1.54) is 0 Å². The highest BCUT2D eigenvalue weighted by molar-refractivity contribution is 5.02. The average molecular weight is 123 g/mol. The molecule has 0 unspecified atom stereocenters. The maximum absolute atomic E-state index is 8.66. The van der Waals surface area contributed by atoms with Crippen LogP contribution in [0.3, 0.4) is 0 Å². The van der Waals surface area contributed by atoms with Gasteiger partial charge in [-0.3, -0.25) is 0 Å². The SMILES string of the molecule is [2H][C@@H]1[C@@H](C#N)[C@@H](C)C=C[C@@H]1[2H]. The molecule has 0 aromatic rings. The molecule has 0 spiro atoms. The predicted octanol–water partition coefficient (Wildman–Crippen LogP) is 2.11. The average Bonchev–Trinajstić information content (AvgIpc) is 1.99. The van der Waals surface area contributed by atoms with Gasteiger partial charge in [-0.25, -0.2) is 0 Å². The minimum absolute atomic E-state index is 0.129. The first-order chi connectivity index (χ1) is 5.16. The third-order valence-electron chi connectivity index (χ3n) is 1.56. The van der Waals surface area contributed by atoms with E-state index in [4.69, 9.17) is 8.00 Å². The van der Waals surface area contributed by atoms with E-state index in [0.29, 0.717) is 0 Å². The molecule has 0 heterocycles. The van der Waals surface area contributed by atoms with Crippen LogP contribution in [0.15, 0.2) is 12.2 Å². The minimum atomic E-state index is -0.569. The van der Waals surface area contributed by atoms with Gasteiger partial charge in [0.1, 0.15) is 0 Å². The number of hydrogen-bond donors (Lipinski definition) is 0. The largest absolute Gasteiger partial charge is 0.198 e. The summed E-state index contributed by atoms with van der Waals surface area (Å²) in [5.74, 6) is -0.174. The summed E-state index contributed by atoms with van der Waals surface area (Å²) >= 11 is 0. The highest BCUT2D eigenvalue weighted by atomic mass is 14.3. The van der Waals surface area contributed by atoms with Crippen LogP contribution in [0, 0.1) is 23.2 Å². The summed E-state index contributed by atoms with van der Waals surface area (Å²) in [6.07, 6.45) is 2.48. The van der Waals surface area contributed by atoms with E-state index in [1.807, 2.05) is 13.0 Å². The molecule has 1 aliphatic carbocycles. The lowest BCUT2D eigenvalue weighted by molar-refractivity contribution is 0.470. The molecule has 0 N–H and O–H groups in total. The molecule has 0 fully saturated rings. The van der Waals surface area contributed by atoms with Gasteiger partial charge in [0.25, 0.3) is 0 Å². The Morgan fingerprint density at radius 2 is 2.67 bits per heavy atom. The monoisotopic (exact) mass is 123 g/mol. The fourth-order valence-corrected chi connectivity index (χ4v) is 0.879. The highest BCUT2D eigenvalue weighted by Gasteiger charge is 2.15. The quantitative estimate of drug-likeness (QED) is 0.452. The lowest BCUT2D eigenvalue weighted by Crippen LogP contribution is -2.09. The molecule has 1 rings (SSSR count). The molecule has 0 aromatic carbocycles. The van der Waals surface area contributed by atoms with Crippen molar-refractivity contribution in [2.45, 2.75) is 19.7 Å². The van der Waals surface area contributed by atoms with Gasteiger partial charge in [0.15, 0.2) is 0 Å². The summed E-state index contributed by atoms with van der Waals surface area (Å²) in [7, 11) is 0. The molecule has 4 atom stereocenters. The number of hydrogen-bond acceptors (Lipinski definition) is 1. The van der Waals surface area contributed by atoms with Crippen LogP contribution in [0.25, 0.3) is 0 Å². The van der Waals surface area contributed by atoms with Crippen molar-refractivity contribution in [1.82, 2.24) is 0 Å². The summed E-state index contributed by atoms with van der Waals surface area (Å²) in [5.41, 5.74) is 0. The van der Waals surface area contributed by atoms with Gasteiger partial charge in [-0.2, -0.15) is 5.26 Å². The highest BCUT2D eigenvalue weighted by Crippen LogP contribution is 2.22. The molecular formula is C8H11N. The Morgan fingerprint density at radius 1 is 1.89 bits per heavy atom. The van der Waals surface area contributed by atoms with E-state index >= 15 is 0 Å². The first kappa shape index (κ1) is 4.11. The Balaban J connectivity index is 2.80. The minimum Gasteiger partial charge on any atom is -0.198 e. The van der Waals surface area contributed by atoms with Crippen LogP contribution in [-0.4, -0.2) is 0 Å². The Bertz CT molecular complexity index is 207. The molecule has 1 aliphatic rings. The van der Waals surface area contributed by atoms with E-state index in [0.717, 1.165) is 0 Å². The van der Waals surface area contributed by atoms with E-state index in [1.54, 1.807) is 6.08 Å². The van der Waals surface area contributed by atoms with Crippen LogP contribution in [0.4, 0.5) is 0 Å². The molecule has 1 heteroatoms. The molecule has 0 saturated carbocycles. The zero-order valence-corrected chi connectivity index (χ0v) is 5.41. The summed E-state index contributed by atoms with van der Waals surface area (Å²) in [6, 6.07) is 2.08. The van der Waals surface area contributed by atoms with Gasteiger partial charge in [0.2, 0.25) is 0 Å². The number of allylic oxidation sites excluding steroid dienone is 2. The normalized spacial score (nSPS) is 53.3. The lowest BCUT2D eigenvalue weighted by atomic mass is 9.87. The van der Waals surface area contributed by atoms with Crippen molar-refractivity contribution >= 4 is 0 Å². The van der Waals surface area contributed by atoms with Crippen LogP contribution in [-0.2, 0) is 0 Å². The van der Waals surface area contributed by atoms with Crippen molar-refractivity contribution in [2.75, 3.05) is 0 Å². The molecule has 48 valence electrons. The molecule has 9 heavy (non-hydrogen) atoms. The van der Waals surface area contributed by atoms with Crippen LogP contribution >= 0.6 is 0 Å². The van der Waals surface area contributed by atoms with Gasteiger partial charge in [0, 0.05) is 2.74 Å². The van der Waals surface area contributed by atoms with Crippen LogP contribution in [0.5, 0.6) is 0 Å². The van der Waals surface area contributed by atoms with E-state index < -0.39 is 12.8 Å². The van der Waals surface area contributed by atoms with Crippen LogP contribution in [0.2, 0.25) is 0 Å². The number of rotatable bonds is 0. The molecule has 0 amide bonds. The van der Waals surface area contributed by atoms with Gasteiger partial charge in [-0.1, -0.05) is 19.1 Å². The van der Waals surface area contributed by atoms with Crippen molar-refractivity contribution < 1.29 is 2.74 Å². The second kappa shape index (κ2) is 2.68. The molecule has 0 radical (unpaired) electrons. The van der Waals surface area contributed by atoms with Gasteiger partial charge in [-0.15, -0.1) is 0 Å². The van der Waals surface area contributed by atoms with Gasteiger partial charge < -0.3 is 0 Å². The predicted molar refractivity (Wildman–Crippen MR) is 36.6 cm³/mol. The van der Waals surface area contributed by atoms with Crippen molar-refractivity contribution in [2.24, 2.45) is 11.8 Å². The third kappa shape index (κ3) is 1.32. The summed E-state index contributed by atoms with van der Waals surface area (Å²) in [4.78, 5) is 0. The first-order valence-corrected chi connectivity index (χ1v) is 3.09. The second-order valence-electron chi connectivity index (χ2n) is 2.28. The molecule has 0 bridgehead atoms. The third-order valence-corrected chi connectivity index (χ3v) is 1.56. The van der Waals surface area contributed by atoms with Gasteiger partial charge in [0.05, 0.1) is 12.0 Å². The van der Waals surface area contributed by atoms with Crippen molar-refractivity contribution in [3.8, 4) is 6.07 Å². The maximum Gasteiger partial charge on any atom is 0.0661 e. The summed E-state index contributed by atoms with van der Waals surface area (Å²) in [5, 5.41) is 8.66. The Morgan fingerprint density at radius 3 is 3.22 bits per heavy atom. The van der Waals surface area contributed by atoms with Gasteiger partial charge in [-0.05, 0) is 18.7 Å². The first-order valence-electron chi connectivity index (χ1n) is 4.24. The number of nitriles is 1. The second-order valence-corrected chi connectivity index (χ2v) is 2.28. The van der Waals surface area contributed by atoms with E-state index in [2.05, 4.69) is 6.07 Å². The van der Waals surface area contributed by atoms with Gasteiger partial charge >= 0.3 is 0 Å². The van der Waals surface area contributed by atoms with E-state index in [9.17, 15) is 0 Å². The molecule has 0 saturated heterocycles. The van der Waals surface area contributed by atoms with Crippen molar-refractivity contribution in [1.29, 1.82) is 5.26 Å².